The van der Waals surface area contributed by atoms with Crippen LogP contribution in [0.25, 0.3) is 0 Å². The minimum atomic E-state index is 0.446. The Balaban J connectivity index is 1.80. The maximum absolute atomic E-state index is 9.04. The molecule has 0 spiro atoms. The molecule has 0 aliphatic heterocycles. The van der Waals surface area contributed by atoms with Gasteiger partial charge in [-0.15, -0.1) is 0 Å². The lowest BCUT2D eigenvalue weighted by atomic mass is 10.1. The normalized spacial score (nSPS) is 11.9. The summed E-state index contributed by atoms with van der Waals surface area (Å²) in [6.45, 7) is 3.95. The van der Waals surface area contributed by atoms with Gasteiger partial charge in [0.15, 0.2) is 0 Å². The lowest BCUT2D eigenvalue weighted by Gasteiger charge is -2.25. The summed E-state index contributed by atoms with van der Waals surface area (Å²) in [6.07, 6.45) is 2.69. The fourth-order valence-corrected chi connectivity index (χ4v) is 2.28. The number of aromatic nitrogens is 1. The average Bonchev–Trinajstić information content (AvgIpc) is 2.56. The zero-order valence-corrected chi connectivity index (χ0v) is 13.2. The summed E-state index contributed by atoms with van der Waals surface area (Å²) in [5.41, 5.74) is 1.91. The summed E-state index contributed by atoms with van der Waals surface area (Å²) >= 11 is 0. The van der Waals surface area contributed by atoms with Gasteiger partial charge in [-0.05, 0) is 38.1 Å². The molecule has 22 heavy (non-hydrogen) atoms. The van der Waals surface area contributed by atoms with Gasteiger partial charge in [0.1, 0.15) is 11.9 Å². The standard InChI is InChI=1S/C18H22N4/c1-15(22(2)14-16-7-4-3-5-8-16)10-12-21-18-17(13-19)9-6-11-20-18/h3-9,11,15H,10,12,14H2,1-2H3,(H,20,21). The molecule has 0 bridgehead atoms. The Morgan fingerprint density at radius 2 is 2.00 bits per heavy atom. The van der Waals surface area contributed by atoms with Crippen molar-refractivity contribution in [3.63, 3.8) is 0 Å². The largest absolute Gasteiger partial charge is 0.369 e. The highest BCUT2D eigenvalue weighted by molar-refractivity contribution is 5.51. The van der Waals surface area contributed by atoms with Gasteiger partial charge in [-0.25, -0.2) is 4.98 Å². The van der Waals surface area contributed by atoms with Crippen molar-refractivity contribution in [1.82, 2.24) is 9.88 Å². The van der Waals surface area contributed by atoms with E-state index in [0.29, 0.717) is 17.4 Å². The van der Waals surface area contributed by atoms with Gasteiger partial charge in [0.05, 0.1) is 5.56 Å². The van der Waals surface area contributed by atoms with E-state index in [4.69, 9.17) is 5.26 Å². The second kappa shape index (κ2) is 8.16. The van der Waals surface area contributed by atoms with Crippen LogP contribution in [0.1, 0.15) is 24.5 Å². The summed E-state index contributed by atoms with van der Waals surface area (Å²) in [7, 11) is 2.14. The summed E-state index contributed by atoms with van der Waals surface area (Å²) < 4.78 is 0. The van der Waals surface area contributed by atoms with Crippen LogP contribution >= 0.6 is 0 Å². The first kappa shape index (κ1) is 16.0. The molecular formula is C18H22N4. The first-order valence-electron chi connectivity index (χ1n) is 7.54. The molecule has 0 amide bonds. The van der Waals surface area contributed by atoms with Crippen molar-refractivity contribution >= 4 is 5.82 Å². The third-order valence-corrected chi connectivity index (χ3v) is 3.81. The zero-order chi connectivity index (χ0) is 15.8. The number of rotatable bonds is 7. The van der Waals surface area contributed by atoms with Crippen molar-refractivity contribution in [2.24, 2.45) is 0 Å². The second-order valence-electron chi connectivity index (χ2n) is 5.48. The smallest absolute Gasteiger partial charge is 0.143 e. The Labute approximate surface area is 132 Å². The highest BCUT2D eigenvalue weighted by Gasteiger charge is 2.10. The van der Waals surface area contributed by atoms with Gasteiger partial charge >= 0.3 is 0 Å². The fourth-order valence-electron chi connectivity index (χ4n) is 2.28. The zero-order valence-electron chi connectivity index (χ0n) is 13.2. The lowest BCUT2D eigenvalue weighted by molar-refractivity contribution is 0.242. The van der Waals surface area contributed by atoms with Crippen LogP contribution in [0.2, 0.25) is 0 Å². The molecule has 0 saturated carbocycles. The SMILES string of the molecule is CC(CCNc1ncccc1C#N)N(C)Cc1ccccc1. The van der Waals surface area contributed by atoms with Gasteiger partial charge < -0.3 is 5.32 Å². The molecule has 0 radical (unpaired) electrons. The Kier molecular flexibility index (Phi) is 5.93. The summed E-state index contributed by atoms with van der Waals surface area (Å²) in [5, 5.41) is 12.3. The number of nitrogens with one attached hydrogen (secondary N) is 1. The molecule has 0 aliphatic carbocycles. The Morgan fingerprint density at radius 3 is 2.73 bits per heavy atom. The lowest BCUT2D eigenvalue weighted by Crippen LogP contribution is -2.30. The molecule has 4 nitrogen and oxygen atoms in total. The molecule has 2 rings (SSSR count). The van der Waals surface area contributed by atoms with Gasteiger partial charge in [0, 0.05) is 25.3 Å². The molecule has 4 heteroatoms. The number of benzene rings is 1. The Bertz CT molecular complexity index is 618. The molecule has 1 aromatic heterocycles. The quantitative estimate of drug-likeness (QED) is 0.851. The second-order valence-corrected chi connectivity index (χ2v) is 5.48. The van der Waals surface area contributed by atoms with Crippen LogP contribution in [-0.4, -0.2) is 29.5 Å². The summed E-state index contributed by atoms with van der Waals surface area (Å²) in [6, 6.07) is 16.6. The monoisotopic (exact) mass is 294 g/mol. The highest BCUT2D eigenvalue weighted by Crippen LogP contribution is 2.11. The van der Waals surface area contributed by atoms with E-state index < -0.39 is 0 Å². The average molecular weight is 294 g/mol. The van der Waals surface area contributed by atoms with E-state index in [-0.39, 0.29) is 0 Å². The minimum Gasteiger partial charge on any atom is -0.369 e. The third-order valence-electron chi connectivity index (χ3n) is 3.81. The summed E-state index contributed by atoms with van der Waals surface area (Å²) in [4.78, 5) is 6.55. The van der Waals surface area contributed by atoms with Gasteiger partial charge in [-0.1, -0.05) is 30.3 Å². The van der Waals surface area contributed by atoms with Crippen molar-refractivity contribution in [3.05, 3.63) is 59.8 Å². The number of anilines is 1. The maximum Gasteiger partial charge on any atom is 0.143 e. The predicted octanol–water partition coefficient (Wildman–Crippen LogP) is 3.28. The van der Waals surface area contributed by atoms with Crippen LogP contribution in [0.4, 0.5) is 5.82 Å². The number of pyridine rings is 1. The molecule has 0 aliphatic rings. The molecule has 1 atom stereocenters. The van der Waals surface area contributed by atoms with E-state index >= 15 is 0 Å². The van der Waals surface area contributed by atoms with E-state index in [1.165, 1.54) is 5.56 Å². The molecule has 1 aromatic carbocycles. The van der Waals surface area contributed by atoms with Crippen molar-refractivity contribution in [3.8, 4) is 6.07 Å². The number of nitrogens with zero attached hydrogens (tertiary/aromatic N) is 3. The molecule has 1 N–H and O–H groups in total. The Morgan fingerprint density at radius 1 is 1.23 bits per heavy atom. The van der Waals surface area contributed by atoms with Crippen LogP contribution in [-0.2, 0) is 6.54 Å². The van der Waals surface area contributed by atoms with Crippen molar-refractivity contribution in [2.75, 3.05) is 18.9 Å². The minimum absolute atomic E-state index is 0.446. The van der Waals surface area contributed by atoms with Gasteiger partial charge in [0.2, 0.25) is 0 Å². The maximum atomic E-state index is 9.04. The third kappa shape index (κ3) is 4.57. The Hall–Kier alpha value is -2.38. The highest BCUT2D eigenvalue weighted by atomic mass is 15.1. The first-order chi connectivity index (χ1) is 10.7. The van der Waals surface area contributed by atoms with E-state index in [1.54, 1.807) is 18.3 Å². The molecule has 1 unspecified atom stereocenters. The van der Waals surface area contributed by atoms with Crippen molar-refractivity contribution < 1.29 is 0 Å². The molecule has 0 saturated heterocycles. The molecular weight excluding hydrogens is 272 g/mol. The topological polar surface area (TPSA) is 52.0 Å². The van der Waals surface area contributed by atoms with Crippen LogP contribution in [0.5, 0.6) is 0 Å². The first-order valence-corrected chi connectivity index (χ1v) is 7.54. The van der Waals surface area contributed by atoms with E-state index in [2.05, 4.69) is 59.5 Å². The van der Waals surface area contributed by atoms with Crippen LogP contribution in [0, 0.1) is 11.3 Å². The molecule has 1 heterocycles. The summed E-state index contributed by atoms with van der Waals surface area (Å²) in [5.74, 6) is 0.669. The van der Waals surface area contributed by atoms with Crippen molar-refractivity contribution in [1.29, 1.82) is 5.26 Å². The van der Waals surface area contributed by atoms with E-state index in [0.717, 1.165) is 19.5 Å². The predicted molar refractivity (Wildman–Crippen MR) is 89.4 cm³/mol. The molecule has 114 valence electrons. The number of nitriles is 1. The van der Waals surface area contributed by atoms with Gasteiger partial charge in [-0.3, -0.25) is 4.90 Å². The van der Waals surface area contributed by atoms with Crippen LogP contribution in [0.15, 0.2) is 48.7 Å². The fraction of sp³-hybridized carbons (Fsp3) is 0.333. The van der Waals surface area contributed by atoms with E-state index in [9.17, 15) is 0 Å². The number of hydrogen-bond donors (Lipinski definition) is 1. The van der Waals surface area contributed by atoms with Crippen molar-refractivity contribution in [2.45, 2.75) is 25.9 Å². The van der Waals surface area contributed by atoms with Crippen LogP contribution < -0.4 is 5.32 Å². The van der Waals surface area contributed by atoms with Crippen LogP contribution in [0.3, 0.4) is 0 Å². The molecule has 0 fully saturated rings. The van der Waals surface area contributed by atoms with Gasteiger partial charge in [-0.2, -0.15) is 5.26 Å². The van der Waals surface area contributed by atoms with Gasteiger partial charge in [0.25, 0.3) is 0 Å². The molecule has 2 aromatic rings. The number of hydrogen-bond acceptors (Lipinski definition) is 4. The van der Waals surface area contributed by atoms with E-state index in [1.807, 2.05) is 6.07 Å².